The predicted molar refractivity (Wildman–Crippen MR) is 41.9 cm³/mol. The van der Waals surface area contributed by atoms with Crippen LogP contribution in [0.1, 0.15) is 6.92 Å². The van der Waals surface area contributed by atoms with Gasteiger partial charge in [-0.3, -0.25) is 0 Å². The quantitative estimate of drug-likeness (QED) is 0.580. The fourth-order valence-electron chi connectivity index (χ4n) is 0.385. The summed E-state index contributed by atoms with van der Waals surface area (Å²) in [6.45, 7) is 2.44. The second-order valence-electron chi connectivity index (χ2n) is 1.67. The van der Waals surface area contributed by atoms with Gasteiger partial charge in [0.25, 0.3) is 0 Å². The van der Waals surface area contributed by atoms with Gasteiger partial charge in [-0.1, -0.05) is 43.3 Å². The lowest BCUT2D eigenvalue weighted by molar-refractivity contribution is 0.173. The molecule has 2 heteroatoms. The summed E-state index contributed by atoms with van der Waals surface area (Å²) in [5, 5.41) is 7.62. The zero-order valence-electron chi connectivity index (χ0n) is 6.12. The van der Waals surface area contributed by atoms with Gasteiger partial charge in [0, 0.05) is 6.54 Å². The third-order valence-electron chi connectivity index (χ3n) is 0.825. The van der Waals surface area contributed by atoms with E-state index < -0.39 is 0 Å². The summed E-state index contributed by atoms with van der Waals surface area (Å²) in [5.41, 5.74) is 1.93. The molecule has 0 saturated carbocycles. The zero-order valence-corrected chi connectivity index (χ0v) is 6.12. The summed E-state index contributed by atoms with van der Waals surface area (Å²) < 4.78 is 0. The molecule has 0 saturated heterocycles. The van der Waals surface area contributed by atoms with Gasteiger partial charge in [0.1, 0.15) is 0 Å². The minimum absolute atomic E-state index is 0.625. The molecule has 0 bridgehead atoms. The second kappa shape index (κ2) is 8.14. The van der Waals surface area contributed by atoms with Crippen LogP contribution in [0.4, 0.5) is 0 Å². The van der Waals surface area contributed by atoms with Gasteiger partial charge < -0.3 is 5.21 Å². The largest absolute Gasteiger partial charge is 0.317 e. The maximum Gasteiger partial charge on any atom is 0.0179 e. The van der Waals surface area contributed by atoms with E-state index in [1.807, 2.05) is 48.8 Å². The molecule has 0 aliphatic carbocycles. The number of rotatable bonds is 1. The van der Waals surface area contributed by atoms with E-state index >= 15 is 0 Å². The lowest BCUT2D eigenvalue weighted by Crippen LogP contribution is -2.02. The van der Waals surface area contributed by atoms with Crippen LogP contribution >= 0.6 is 0 Å². The van der Waals surface area contributed by atoms with Crippen molar-refractivity contribution in [2.75, 3.05) is 6.54 Å². The van der Waals surface area contributed by atoms with E-state index in [2.05, 4.69) is 0 Å². The normalized spacial score (nSPS) is 7.80. The molecule has 0 atom stereocenters. The van der Waals surface area contributed by atoms with E-state index in [9.17, 15) is 0 Å². The lowest BCUT2D eigenvalue weighted by Gasteiger charge is -1.75. The smallest absolute Gasteiger partial charge is 0.0179 e. The van der Waals surface area contributed by atoms with Crippen LogP contribution in [0.2, 0.25) is 0 Å². The summed E-state index contributed by atoms with van der Waals surface area (Å²) in [5.74, 6) is 0. The van der Waals surface area contributed by atoms with Crippen LogP contribution in [0, 0.1) is 0 Å². The summed E-state index contributed by atoms with van der Waals surface area (Å²) in [4.78, 5) is 0. The molecule has 0 aromatic heterocycles. The Labute approximate surface area is 61.5 Å². The monoisotopic (exact) mass is 139 g/mol. The van der Waals surface area contributed by atoms with Crippen molar-refractivity contribution in [3.8, 4) is 0 Å². The van der Waals surface area contributed by atoms with Crippen LogP contribution in [0.5, 0.6) is 0 Å². The highest BCUT2D eigenvalue weighted by Gasteiger charge is 1.57. The Morgan fingerprint density at radius 3 is 1.30 bits per heavy atom. The molecule has 0 amide bonds. The highest BCUT2D eigenvalue weighted by molar-refractivity contribution is 4.99. The fraction of sp³-hybridized carbons (Fsp3) is 0.250. The van der Waals surface area contributed by atoms with Gasteiger partial charge in [0.05, 0.1) is 0 Å². The standard InChI is InChI=1S/C6H6.C2H7NO/c1-2-4-6-5-3-1;1-2-3-4/h1-6H;3-4H,2H2,1H3. The summed E-state index contributed by atoms with van der Waals surface area (Å²) in [7, 11) is 0. The third-order valence-corrected chi connectivity index (χ3v) is 0.825. The van der Waals surface area contributed by atoms with Crippen molar-refractivity contribution in [3.63, 3.8) is 0 Å². The van der Waals surface area contributed by atoms with Crippen molar-refractivity contribution in [2.24, 2.45) is 0 Å². The maximum absolute atomic E-state index is 7.62. The zero-order chi connectivity index (χ0) is 7.66. The summed E-state index contributed by atoms with van der Waals surface area (Å²) in [6.07, 6.45) is 0. The molecule has 0 heterocycles. The molecule has 0 fully saturated rings. The Bertz CT molecular complexity index is 101. The minimum Gasteiger partial charge on any atom is -0.317 e. The average molecular weight is 139 g/mol. The first-order valence-electron chi connectivity index (χ1n) is 3.28. The molecule has 0 unspecified atom stereocenters. The van der Waals surface area contributed by atoms with Crippen LogP contribution in [0.3, 0.4) is 0 Å². The second-order valence-corrected chi connectivity index (χ2v) is 1.67. The number of benzene rings is 1. The van der Waals surface area contributed by atoms with Crippen molar-refractivity contribution in [1.29, 1.82) is 0 Å². The highest BCUT2D eigenvalue weighted by Crippen LogP contribution is 1.79. The molecule has 2 nitrogen and oxygen atoms in total. The number of hydrogen-bond donors (Lipinski definition) is 2. The van der Waals surface area contributed by atoms with E-state index in [-0.39, 0.29) is 0 Å². The molecule has 0 aliphatic rings. The Hall–Kier alpha value is -0.860. The van der Waals surface area contributed by atoms with Gasteiger partial charge >= 0.3 is 0 Å². The minimum atomic E-state index is 0.625. The lowest BCUT2D eigenvalue weighted by atomic mass is 10.4. The van der Waals surface area contributed by atoms with Gasteiger partial charge in [-0.05, 0) is 0 Å². The van der Waals surface area contributed by atoms with Crippen LogP contribution in [-0.2, 0) is 0 Å². The van der Waals surface area contributed by atoms with E-state index in [0.29, 0.717) is 6.54 Å². The van der Waals surface area contributed by atoms with Crippen LogP contribution < -0.4 is 5.48 Å². The Morgan fingerprint density at radius 1 is 1.00 bits per heavy atom. The average Bonchev–Trinajstić information content (AvgIpc) is 2.08. The van der Waals surface area contributed by atoms with E-state index in [4.69, 9.17) is 5.21 Å². The molecule has 1 rings (SSSR count). The highest BCUT2D eigenvalue weighted by atomic mass is 16.5. The van der Waals surface area contributed by atoms with Crippen molar-refractivity contribution >= 4 is 0 Å². The number of nitrogens with one attached hydrogen (secondary N) is 1. The van der Waals surface area contributed by atoms with E-state index in [0.717, 1.165) is 0 Å². The Balaban J connectivity index is 0.000000180. The van der Waals surface area contributed by atoms with Gasteiger partial charge in [-0.2, -0.15) is 0 Å². The van der Waals surface area contributed by atoms with Crippen molar-refractivity contribution in [1.82, 2.24) is 5.48 Å². The summed E-state index contributed by atoms with van der Waals surface area (Å²) in [6, 6.07) is 12.0. The van der Waals surface area contributed by atoms with Crippen molar-refractivity contribution in [2.45, 2.75) is 6.92 Å². The molecule has 2 N–H and O–H groups in total. The van der Waals surface area contributed by atoms with Crippen molar-refractivity contribution < 1.29 is 5.21 Å². The van der Waals surface area contributed by atoms with Gasteiger partial charge in [-0.15, -0.1) is 0 Å². The molecule has 0 radical (unpaired) electrons. The van der Waals surface area contributed by atoms with Gasteiger partial charge in [0.15, 0.2) is 0 Å². The van der Waals surface area contributed by atoms with E-state index in [1.165, 1.54) is 0 Å². The fourth-order valence-corrected chi connectivity index (χ4v) is 0.385. The van der Waals surface area contributed by atoms with Crippen LogP contribution in [0.25, 0.3) is 0 Å². The molecule has 1 aromatic rings. The Kier molecular flexibility index (Phi) is 7.44. The molecule has 0 spiro atoms. The predicted octanol–water partition coefficient (Wildman–Crippen LogP) is 1.67. The first-order chi connectivity index (χ1) is 4.91. The van der Waals surface area contributed by atoms with Gasteiger partial charge in [-0.25, -0.2) is 5.48 Å². The van der Waals surface area contributed by atoms with Gasteiger partial charge in [0.2, 0.25) is 0 Å². The van der Waals surface area contributed by atoms with Crippen LogP contribution in [0.15, 0.2) is 36.4 Å². The van der Waals surface area contributed by atoms with Crippen LogP contribution in [-0.4, -0.2) is 11.8 Å². The maximum atomic E-state index is 7.62. The Morgan fingerprint density at radius 2 is 1.20 bits per heavy atom. The topological polar surface area (TPSA) is 32.3 Å². The number of hydrogen-bond acceptors (Lipinski definition) is 2. The SMILES string of the molecule is CCNO.c1ccccc1. The molecule has 10 heavy (non-hydrogen) atoms. The molecular weight excluding hydrogens is 126 g/mol. The molecular formula is C8H13NO. The number of hydroxylamine groups is 1. The first kappa shape index (κ1) is 9.14. The summed E-state index contributed by atoms with van der Waals surface area (Å²) >= 11 is 0. The molecule has 56 valence electrons. The molecule has 0 aliphatic heterocycles. The molecule has 1 aromatic carbocycles. The first-order valence-corrected chi connectivity index (χ1v) is 3.28. The third kappa shape index (κ3) is 7.14. The van der Waals surface area contributed by atoms with Crippen molar-refractivity contribution in [3.05, 3.63) is 36.4 Å². The van der Waals surface area contributed by atoms with E-state index in [1.54, 1.807) is 0 Å².